The van der Waals surface area contributed by atoms with E-state index >= 15 is 0 Å². The molecule has 5 nitrogen and oxygen atoms in total. The number of ether oxygens (including phenoxy) is 1. The van der Waals surface area contributed by atoms with Gasteiger partial charge in [0.25, 0.3) is 5.91 Å². The van der Waals surface area contributed by atoms with E-state index in [-0.39, 0.29) is 5.91 Å². The molecule has 0 radical (unpaired) electrons. The van der Waals surface area contributed by atoms with Gasteiger partial charge < -0.3 is 19.6 Å². The van der Waals surface area contributed by atoms with Crippen molar-refractivity contribution in [2.75, 3.05) is 44.3 Å². The first kappa shape index (κ1) is 19.0. The number of nitrogens with zero attached hydrogens (tertiary/aromatic N) is 2. The zero-order valence-corrected chi connectivity index (χ0v) is 16.6. The van der Waals surface area contributed by atoms with Crippen molar-refractivity contribution in [1.29, 1.82) is 0 Å². The molecule has 2 aromatic carbocycles. The van der Waals surface area contributed by atoms with Crippen LogP contribution in [0, 0.1) is 13.8 Å². The van der Waals surface area contributed by atoms with E-state index in [1.165, 1.54) is 0 Å². The van der Waals surface area contributed by atoms with Crippen LogP contribution in [-0.4, -0.2) is 55.3 Å². The van der Waals surface area contributed by atoms with Gasteiger partial charge in [0.1, 0.15) is 5.60 Å². The fourth-order valence-corrected chi connectivity index (χ4v) is 4.24. The Bertz CT molecular complexity index is 859. The minimum absolute atomic E-state index is 0.00403. The van der Waals surface area contributed by atoms with Crippen LogP contribution in [0.3, 0.4) is 0 Å². The van der Waals surface area contributed by atoms with Gasteiger partial charge in [0.2, 0.25) is 0 Å². The van der Waals surface area contributed by atoms with Crippen molar-refractivity contribution in [1.82, 2.24) is 4.90 Å². The van der Waals surface area contributed by atoms with E-state index < -0.39 is 5.60 Å². The second-order valence-electron chi connectivity index (χ2n) is 7.92. The van der Waals surface area contributed by atoms with Gasteiger partial charge in [-0.1, -0.05) is 35.9 Å². The summed E-state index contributed by atoms with van der Waals surface area (Å²) in [6.45, 7) is 8.05. The smallest absolute Gasteiger partial charge is 0.254 e. The lowest BCUT2D eigenvalue weighted by molar-refractivity contribution is 0.0417. The number of likely N-dealkylation sites (tertiary alicyclic amines) is 1. The molecular weight excluding hydrogens is 352 g/mol. The number of carbonyl (C=O) groups excluding carboxylic acids is 1. The normalized spacial score (nSPS) is 22.5. The topological polar surface area (TPSA) is 53.0 Å². The Hall–Kier alpha value is -2.37. The summed E-state index contributed by atoms with van der Waals surface area (Å²) in [5.41, 5.74) is 3.89. The van der Waals surface area contributed by atoms with Crippen LogP contribution >= 0.6 is 0 Å². The molecule has 0 aliphatic carbocycles. The number of hydrogen-bond donors (Lipinski definition) is 1. The van der Waals surface area contributed by atoms with Crippen LogP contribution in [0.1, 0.15) is 33.5 Å². The lowest BCUT2D eigenvalue weighted by Gasteiger charge is -2.31. The van der Waals surface area contributed by atoms with Gasteiger partial charge in [-0.2, -0.15) is 0 Å². The van der Waals surface area contributed by atoms with Gasteiger partial charge >= 0.3 is 0 Å². The number of benzene rings is 2. The van der Waals surface area contributed by atoms with E-state index in [4.69, 9.17) is 4.74 Å². The van der Waals surface area contributed by atoms with Crippen molar-refractivity contribution in [3.63, 3.8) is 0 Å². The molecule has 28 heavy (non-hydrogen) atoms. The van der Waals surface area contributed by atoms with E-state index in [1.807, 2.05) is 50.2 Å². The summed E-state index contributed by atoms with van der Waals surface area (Å²) in [5, 5.41) is 11.1. The van der Waals surface area contributed by atoms with E-state index in [1.54, 1.807) is 4.90 Å². The fourth-order valence-electron chi connectivity index (χ4n) is 4.24. The molecule has 1 atom stereocenters. The van der Waals surface area contributed by atoms with Crippen molar-refractivity contribution in [3.05, 3.63) is 64.7 Å². The van der Waals surface area contributed by atoms with Gasteiger partial charge in [0.05, 0.1) is 19.8 Å². The molecule has 1 amide bonds. The second-order valence-corrected chi connectivity index (χ2v) is 7.92. The van der Waals surface area contributed by atoms with E-state index in [9.17, 15) is 9.90 Å². The number of aryl methyl sites for hydroxylation is 1. The third-order valence-electron chi connectivity index (χ3n) is 6.01. The predicted molar refractivity (Wildman–Crippen MR) is 110 cm³/mol. The zero-order chi connectivity index (χ0) is 19.7. The first-order valence-corrected chi connectivity index (χ1v) is 9.99. The molecule has 0 bridgehead atoms. The fraction of sp³-hybridized carbons (Fsp3) is 0.435. The highest BCUT2D eigenvalue weighted by atomic mass is 16.5. The Morgan fingerprint density at radius 1 is 1.04 bits per heavy atom. The number of carbonyl (C=O) groups is 1. The number of rotatable bonds is 3. The monoisotopic (exact) mass is 380 g/mol. The first-order chi connectivity index (χ1) is 13.5. The quantitative estimate of drug-likeness (QED) is 0.890. The highest BCUT2D eigenvalue weighted by Gasteiger charge is 2.40. The Morgan fingerprint density at radius 2 is 1.75 bits per heavy atom. The van der Waals surface area contributed by atoms with Crippen molar-refractivity contribution in [2.45, 2.75) is 25.9 Å². The minimum Gasteiger partial charge on any atom is -0.383 e. The molecule has 1 N–H and O–H groups in total. The van der Waals surface area contributed by atoms with Crippen molar-refractivity contribution < 1.29 is 14.6 Å². The SMILES string of the molecule is Cc1ccc([C@@]2(O)CCN(C(=O)c3cccc(N4CCOCC4)c3C)C2)cc1. The van der Waals surface area contributed by atoms with Crippen LogP contribution in [0.15, 0.2) is 42.5 Å². The number of amides is 1. The maximum absolute atomic E-state index is 13.2. The molecule has 2 aromatic rings. The second kappa shape index (κ2) is 7.57. The van der Waals surface area contributed by atoms with E-state index in [2.05, 4.69) is 11.0 Å². The van der Waals surface area contributed by atoms with Gasteiger partial charge in [0.15, 0.2) is 0 Å². The molecule has 0 saturated carbocycles. The third-order valence-corrected chi connectivity index (χ3v) is 6.01. The molecule has 2 fully saturated rings. The number of anilines is 1. The lowest BCUT2D eigenvalue weighted by atomic mass is 9.92. The maximum Gasteiger partial charge on any atom is 0.254 e. The summed E-state index contributed by atoms with van der Waals surface area (Å²) in [4.78, 5) is 17.3. The standard InChI is InChI=1S/C23H28N2O3/c1-17-6-8-19(9-7-17)23(27)10-11-25(16-23)22(26)20-4-3-5-21(18(20)2)24-12-14-28-15-13-24/h3-9,27H,10-16H2,1-2H3/t23-/m1/s1. The summed E-state index contributed by atoms with van der Waals surface area (Å²) < 4.78 is 5.45. The van der Waals surface area contributed by atoms with Crippen LogP contribution in [0.5, 0.6) is 0 Å². The van der Waals surface area contributed by atoms with Crippen LogP contribution in [0.2, 0.25) is 0 Å². The Kier molecular flexibility index (Phi) is 5.13. The molecule has 148 valence electrons. The first-order valence-electron chi connectivity index (χ1n) is 9.99. The lowest BCUT2D eigenvalue weighted by Crippen LogP contribution is -2.37. The molecule has 2 aliphatic heterocycles. The molecule has 5 heteroatoms. The summed E-state index contributed by atoms with van der Waals surface area (Å²) >= 11 is 0. The van der Waals surface area contributed by atoms with Crippen molar-refractivity contribution in [2.24, 2.45) is 0 Å². The molecule has 2 aliphatic rings. The molecule has 0 aromatic heterocycles. The third kappa shape index (κ3) is 3.52. The zero-order valence-electron chi connectivity index (χ0n) is 16.6. The Labute approximate surface area is 166 Å². The largest absolute Gasteiger partial charge is 0.383 e. The molecule has 2 saturated heterocycles. The molecule has 0 unspecified atom stereocenters. The van der Waals surface area contributed by atoms with Crippen molar-refractivity contribution in [3.8, 4) is 0 Å². The number of aliphatic hydroxyl groups is 1. The highest BCUT2D eigenvalue weighted by molar-refractivity contribution is 5.97. The average Bonchev–Trinajstić information content (AvgIpc) is 3.12. The van der Waals surface area contributed by atoms with Crippen LogP contribution < -0.4 is 4.90 Å². The highest BCUT2D eigenvalue weighted by Crippen LogP contribution is 2.34. The van der Waals surface area contributed by atoms with Crippen LogP contribution in [-0.2, 0) is 10.3 Å². The van der Waals surface area contributed by atoms with E-state index in [0.29, 0.717) is 32.7 Å². The van der Waals surface area contributed by atoms with Gasteiger partial charge in [-0.25, -0.2) is 0 Å². The van der Waals surface area contributed by atoms with Crippen LogP contribution in [0.4, 0.5) is 5.69 Å². The molecule has 0 spiro atoms. The number of hydrogen-bond acceptors (Lipinski definition) is 4. The average molecular weight is 380 g/mol. The summed E-state index contributed by atoms with van der Waals surface area (Å²) in [6, 6.07) is 13.9. The summed E-state index contributed by atoms with van der Waals surface area (Å²) in [6.07, 6.45) is 0.560. The minimum atomic E-state index is -0.973. The van der Waals surface area contributed by atoms with Crippen LogP contribution in [0.25, 0.3) is 0 Å². The predicted octanol–water partition coefficient (Wildman–Crippen LogP) is 2.87. The molecule has 2 heterocycles. The Balaban J connectivity index is 1.54. The summed E-state index contributed by atoms with van der Waals surface area (Å²) in [7, 11) is 0. The van der Waals surface area contributed by atoms with E-state index in [0.717, 1.165) is 41.0 Å². The van der Waals surface area contributed by atoms with Gasteiger partial charge in [-0.15, -0.1) is 0 Å². The Morgan fingerprint density at radius 3 is 2.46 bits per heavy atom. The summed E-state index contributed by atoms with van der Waals surface area (Å²) in [5.74, 6) is -0.00403. The van der Waals surface area contributed by atoms with Gasteiger partial charge in [-0.05, 0) is 43.5 Å². The van der Waals surface area contributed by atoms with Crippen molar-refractivity contribution >= 4 is 11.6 Å². The molecular formula is C23H28N2O3. The number of β-amino-alcohol motifs (C(OH)–C–C–N with tert-alkyl or cyclic N) is 1. The van der Waals surface area contributed by atoms with Gasteiger partial charge in [0, 0.05) is 30.9 Å². The van der Waals surface area contributed by atoms with Gasteiger partial charge in [-0.3, -0.25) is 4.79 Å². The maximum atomic E-state index is 13.2. The number of morpholine rings is 1. The molecule has 4 rings (SSSR count).